The Balaban J connectivity index is 1.53. The number of benzene rings is 2. The fraction of sp³-hybridized carbons (Fsp3) is 0.227. The van der Waals surface area contributed by atoms with Gasteiger partial charge in [-0.15, -0.1) is 0 Å². The van der Waals surface area contributed by atoms with Crippen LogP contribution in [-0.4, -0.2) is 16.7 Å². The topological polar surface area (TPSA) is 59.1 Å². The van der Waals surface area contributed by atoms with Gasteiger partial charge < -0.3 is 5.32 Å². The predicted molar refractivity (Wildman–Crippen MR) is 109 cm³/mol. The van der Waals surface area contributed by atoms with E-state index in [0.29, 0.717) is 41.4 Å². The van der Waals surface area contributed by atoms with Gasteiger partial charge in [-0.2, -0.15) is 0 Å². The van der Waals surface area contributed by atoms with Crippen molar-refractivity contribution in [3.63, 3.8) is 0 Å². The molecule has 3 rings (SSSR count). The number of nitrogens with one attached hydrogen (secondary N) is 1. The van der Waals surface area contributed by atoms with Crippen molar-refractivity contribution in [1.82, 2.24) is 4.98 Å². The lowest BCUT2D eigenvalue weighted by Gasteiger charge is -2.02. The Kier molecular flexibility index (Phi) is 6.49. The molecule has 1 heterocycles. The molecule has 138 valence electrons. The van der Waals surface area contributed by atoms with Gasteiger partial charge in [0.15, 0.2) is 10.9 Å². The van der Waals surface area contributed by atoms with E-state index in [1.807, 2.05) is 67.6 Å². The molecular weight excluding hydrogens is 356 g/mol. The smallest absolute Gasteiger partial charge is 0.226 e. The van der Waals surface area contributed by atoms with Gasteiger partial charge in [0.05, 0.1) is 10.6 Å². The van der Waals surface area contributed by atoms with Gasteiger partial charge in [-0.1, -0.05) is 72.0 Å². The standard InChI is InChI=1S/C22H22N2O2S/c1-16-21(19(25)14-12-17-8-4-2-5-9-17)27-22(23-16)24-20(26)15-13-18-10-6-3-7-11-18/h2-11H,12-15H2,1H3,(H,23,24,26). The lowest BCUT2D eigenvalue weighted by Crippen LogP contribution is -2.12. The maximum Gasteiger partial charge on any atom is 0.226 e. The lowest BCUT2D eigenvalue weighted by molar-refractivity contribution is -0.116. The van der Waals surface area contributed by atoms with E-state index >= 15 is 0 Å². The van der Waals surface area contributed by atoms with Crippen molar-refractivity contribution in [3.05, 3.63) is 82.4 Å². The van der Waals surface area contributed by atoms with Crippen LogP contribution in [0.25, 0.3) is 0 Å². The van der Waals surface area contributed by atoms with Crippen LogP contribution in [0.1, 0.15) is 39.3 Å². The lowest BCUT2D eigenvalue weighted by atomic mass is 10.1. The predicted octanol–water partition coefficient (Wildman–Crippen LogP) is 4.84. The van der Waals surface area contributed by atoms with Gasteiger partial charge in [0.25, 0.3) is 0 Å². The summed E-state index contributed by atoms with van der Waals surface area (Å²) in [5.74, 6) is -0.0190. The Hall–Kier alpha value is -2.79. The summed E-state index contributed by atoms with van der Waals surface area (Å²) in [6, 6.07) is 19.8. The minimum Gasteiger partial charge on any atom is -0.302 e. The van der Waals surface area contributed by atoms with E-state index < -0.39 is 0 Å². The maximum absolute atomic E-state index is 12.5. The quantitative estimate of drug-likeness (QED) is 0.571. The van der Waals surface area contributed by atoms with Crippen LogP contribution >= 0.6 is 11.3 Å². The maximum atomic E-state index is 12.5. The molecule has 0 saturated heterocycles. The summed E-state index contributed by atoms with van der Waals surface area (Å²) in [5, 5.41) is 3.31. The molecular formula is C22H22N2O2S. The van der Waals surface area contributed by atoms with Crippen molar-refractivity contribution in [2.24, 2.45) is 0 Å². The van der Waals surface area contributed by atoms with Gasteiger partial charge in [-0.05, 0) is 30.9 Å². The Labute approximate surface area is 163 Å². The largest absolute Gasteiger partial charge is 0.302 e. The molecule has 0 aliphatic rings. The van der Waals surface area contributed by atoms with Crippen molar-refractivity contribution in [3.8, 4) is 0 Å². The number of aromatic nitrogens is 1. The third kappa shape index (κ3) is 5.59. The van der Waals surface area contributed by atoms with Gasteiger partial charge in [-0.25, -0.2) is 4.98 Å². The Bertz CT molecular complexity index is 905. The number of ketones is 1. The van der Waals surface area contributed by atoms with Crippen molar-refractivity contribution >= 4 is 28.2 Å². The number of carbonyl (C=O) groups is 2. The summed E-state index contributed by atoms with van der Waals surface area (Å²) in [5.41, 5.74) is 2.94. The second kappa shape index (κ2) is 9.24. The molecule has 0 bridgehead atoms. The van der Waals surface area contributed by atoms with Crippen LogP contribution in [0, 0.1) is 6.92 Å². The van der Waals surface area contributed by atoms with E-state index in [9.17, 15) is 9.59 Å². The molecule has 0 unspecified atom stereocenters. The van der Waals surface area contributed by atoms with Crippen molar-refractivity contribution < 1.29 is 9.59 Å². The minimum absolute atomic E-state index is 0.0682. The van der Waals surface area contributed by atoms with E-state index in [0.717, 1.165) is 11.1 Å². The fourth-order valence-corrected chi connectivity index (χ4v) is 3.76. The molecule has 1 amide bonds. The summed E-state index contributed by atoms with van der Waals surface area (Å²) in [4.78, 5) is 29.6. The van der Waals surface area contributed by atoms with E-state index in [1.165, 1.54) is 11.3 Å². The van der Waals surface area contributed by atoms with Gasteiger partial charge in [0.1, 0.15) is 0 Å². The normalized spacial score (nSPS) is 10.6. The zero-order valence-corrected chi connectivity index (χ0v) is 16.1. The molecule has 0 atom stereocenters. The first kappa shape index (κ1) is 19.0. The summed E-state index contributed by atoms with van der Waals surface area (Å²) in [7, 11) is 0. The number of rotatable bonds is 8. The van der Waals surface area contributed by atoms with Crippen LogP contribution in [0.5, 0.6) is 0 Å². The highest BCUT2D eigenvalue weighted by Crippen LogP contribution is 2.24. The molecule has 0 radical (unpaired) electrons. The Morgan fingerprint density at radius 3 is 2.04 bits per heavy atom. The molecule has 0 saturated carbocycles. The zero-order chi connectivity index (χ0) is 19.1. The van der Waals surface area contributed by atoms with E-state index in [2.05, 4.69) is 10.3 Å². The molecule has 1 N–H and O–H groups in total. The van der Waals surface area contributed by atoms with Crippen molar-refractivity contribution in [2.75, 3.05) is 5.32 Å². The zero-order valence-electron chi connectivity index (χ0n) is 15.3. The average molecular weight is 378 g/mol. The number of hydrogen-bond acceptors (Lipinski definition) is 4. The second-order valence-electron chi connectivity index (χ2n) is 6.38. The molecule has 1 aromatic heterocycles. The van der Waals surface area contributed by atoms with Crippen LogP contribution in [0.15, 0.2) is 60.7 Å². The highest BCUT2D eigenvalue weighted by molar-refractivity contribution is 7.17. The van der Waals surface area contributed by atoms with E-state index in [4.69, 9.17) is 0 Å². The fourth-order valence-electron chi connectivity index (χ4n) is 2.81. The number of anilines is 1. The summed E-state index contributed by atoms with van der Waals surface area (Å²) in [6.45, 7) is 1.81. The Morgan fingerprint density at radius 1 is 0.889 bits per heavy atom. The number of Topliss-reactive ketones (excluding diaryl/α,β-unsaturated/α-hetero) is 1. The Morgan fingerprint density at radius 2 is 1.44 bits per heavy atom. The van der Waals surface area contributed by atoms with Gasteiger partial charge in [0, 0.05) is 12.8 Å². The van der Waals surface area contributed by atoms with Crippen LogP contribution in [-0.2, 0) is 17.6 Å². The molecule has 5 heteroatoms. The molecule has 0 fully saturated rings. The van der Waals surface area contributed by atoms with Gasteiger partial charge >= 0.3 is 0 Å². The summed E-state index contributed by atoms with van der Waals surface area (Å²) in [6.07, 6.45) is 2.21. The van der Waals surface area contributed by atoms with Crippen LogP contribution in [0.3, 0.4) is 0 Å². The van der Waals surface area contributed by atoms with E-state index in [-0.39, 0.29) is 11.7 Å². The van der Waals surface area contributed by atoms with Gasteiger partial charge in [-0.3, -0.25) is 9.59 Å². The molecule has 27 heavy (non-hydrogen) atoms. The van der Waals surface area contributed by atoms with Crippen molar-refractivity contribution in [2.45, 2.75) is 32.6 Å². The number of amides is 1. The number of hydrogen-bond donors (Lipinski definition) is 1. The first-order valence-corrected chi connectivity index (χ1v) is 9.82. The molecule has 3 aromatic rings. The summed E-state index contributed by atoms with van der Waals surface area (Å²) >= 11 is 1.26. The SMILES string of the molecule is Cc1nc(NC(=O)CCc2ccccc2)sc1C(=O)CCc1ccccc1. The second-order valence-corrected chi connectivity index (χ2v) is 7.38. The van der Waals surface area contributed by atoms with Crippen molar-refractivity contribution in [1.29, 1.82) is 0 Å². The van der Waals surface area contributed by atoms with E-state index in [1.54, 1.807) is 0 Å². The summed E-state index contributed by atoms with van der Waals surface area (Å²) < 4.78 is 0. The number of thiazole rings is 1. The monoisotopic (exact) mass is 378 g/mol. The van der Waals surface area contributed by atoms with Crippen LogP contribution in [0.2, 0.25) is 0 Å². The average Bonchev–Trinajstić information content (AvgIpc) is 3.06. The number of carbonyl (C=O) groups excluding carboxylic acids is 2. The molecule has 0 spiro atoms. The molecule has 0 aliphatic carbocycles. The third-order valence-corrected chi connectivity index (χ3v) is 5.38. The number of nitrogens with zero attached hydrogens (tertiary/aromatic N) is 1. The first-order valence-electron chi connectivity index (χ1n) is 9.00. The third-order valence-electron chi connectivity index (χ3n) is 4.26. The highest BCUT2D eigenvalue weighted by Gasteiger charge is 2.16. The molecule has 4 nitrogen and oxygen atoms in total. The minimum atomic E-state index is -0.0871. The molecule has 0 aliphatic heterocycles. The number of aryl methyl sites for hydroxylation is 3. The van der Waals surface area contributed by atoms with Gasteiger partial charge in [0.2, 0.25) is 5.91 Å². The first-order chi connectivity index (χ1) is 13.1. The highest BCUT2D eigenvalue weighted by atomic mass is 32.1. The molecule has 2 aromatic carbocycles. The van der Waals surface area contributed by atoms with Crippen LogP contribution in [0.4, 0.5) is 5.13 Å². The van der Waals surface area contributed by atoms with Crippen LogP contribution < -0.4 is 5.32 Å².